The largest absolute Gasteiger partial charge is 0.495 e. The number of nitrogens with zero attached hydrogens (tertiary/aromatic N) is 1. The van der Waals surface area contributed by atoms with Gasteiger partial charge in [0.15, 0.2) is 0 Å². The molecule has 3 heteroatoms. The molecular formula is C9H11NO2. The molecule has 0 radical (unpaired) electrons. The fraction of sp³-hybridized carbons (Fsp3) is 0.222. The van der Waals surface area contributed by atoms with Crippen molar-refractivity contribution in [3.05, 3.63) is 30.1 Å². The SMILES string of the molecule is COc1ccc(C=CCO)nc1. The summed E-state index contributed by atoms with van der Waals surface area (Å²) in [4.78, 5) is 4.06. The summed E-state index contributed by atoms with van der Waals surface area (Å²) in [6.07, 6.45) is 5.02. The molecule has 0 fully saturated rings. The third kappa shape index (κ3) is 2.36. The maximum atomic E-state index is 8.49. The fourth-order valence-electron chi connectivity index (χ4n) is 0.785. The third-order valence-electron chi connectivity index (χ3n) is 1.39. The number of ether oxygens (including phenoxy) is 1. The zero-order valence-electron chi connectivity index (χ0n) is 6.90. The van der Waals surface area contributed by atoms with Crippen LogP contribution in [-0.2, 0) is 0 Å². The van der Waals surface area contributed by atoms with E-state index < -0.39 is 0 Å². The molecule has 0 amide bonds. The lowest BCUT2D eigenvalue weighted by Crippen LogP contribution is -1.85. The van der Waals surface area contributed by atoms with Crippen LogP contribution in [0.1, 0.15) is 5.69 Å². The second-order valence-electron chi connectivity index (χ2n) is 2.21. The molecule has 0 saturated carbocycles. The minimum Gasteiger partial charge on any atom is -0.495 e. The fourth-order valence-corrected chi connectivity index (χ4v) is 0.785. The first-order valence-corrected chi connectivity index (χ1v) is 3.64. The molecule has 12 heavy (non-hydrogen) atoms. The molecule has 3 nitrogen and oxygen atoms in total. The monoisotopic (exact) mass is 165 g/mol. The van der Waals surface area contributed by atoms with E-state index in [4.69, 9.17) is 9.84 Å². The van der Waals surface area contributed by atoms with Crippen molar-refractivity contribution < 1.29 is 9.84 Å². The Hall–Kier alpha value is -1.35. The molecule has 0 aliphatic rings. The van der Waals surface area contributed by atoms with Gasteiger partial charge >= 0.3 is 0 Å². The molecule has 1 heterocycles. The van der Waals surface area contributed by atoms with Crippen LogP contribution in [0.3, 0.4) is 0 Å². The van der Waals surface area contributed by atoms with Gasteiger partial charge in [0.2, 0.25) is 0 Å². The topological polar surface area (TPSA) is 42.4 Å². The molecule has 0 unspecified atom stereocenters. The summed E-state index contributed by atoms with van der Waals surface area (Å²) in [6, 6.07) is 3.65. The first kappa shape index (κ1) is 8.74. The average molecular weight is 165 g/mol. The Balaban J connectivity index is 2.71. The highest BCUT2D eigenvalue weighted by molar-refractivity contribution is 5.45. The van der Waals surface area contributed by atoms with Gasteiger partial charge in [0, 0.05) is 0 Å². The predicted octanol–water partition coefficient (Wildman–Crippen LogP) is 1.10. The summed E-state index contributed by atoms with van der Waals surface area (Å²) in [5.41, 5.74) is 0.810. The Bertz CT molecular complexity index is 254. The van der Waals surface area contributed by atoms with Crippen molar-refractivity contribution in [1.82, 2.24) is 4.98 Å². The van der Waals surface area contributed by atoms with Crippen molar-refractivity contribution in [2.75, 3.05) is 13.7 Å². The van der Waals surface area contributed by atoms with Crippen LogP contribution >= 0.6 is 0 Å². The average Bonchev–Trinajstić information content (AvgIpc) is 2.15. The summed E-state index contributed by atoms with van der Waals surface area (Å²) >= 11 is 0. The summed E-state index contributed by atoms with van der Waals surface area (Å²) in [6.45, 7) is 0.0354. The summed E-state index contributed by atoms with van der Waals surface area (Å²) < 4.78 is 4.94. The van der Waals surface area contributed by atoms with Gasteiger partial charge in [-0.25, -0.2) is 0 Å². The molecule has 0 aliphatic carbocycles. The van der Waals surface area contributed by atoms with E-state index in [1.807, 2.05) is 12.1 Å². The molecular weight excluding hydrogens is 154 g/mol. The van der Waals surface area contributed by atoms with E-state index in [-0.39, 0.29) is 6.61 Å². The minimum absolute atomic E-state index is 0.0354. The van der Waals surface area contributed by atoms with Gasteiger partial charge in [0.1, 0.15) is 5.75 Å². The predicted molar refractivity (Wildman–Crippen MR) is 46.9 cm³/mol. The van der Waals surface area contributed by atoms with Crippen LogP contribution in [0, 0.1) is 0 Å². The summed E-state index contributed by atoms with van der Waals surface area (Å²) in [5.74, 6) is 0.733. The Morgan fingerprint density at radius 1 is 1.58 bits per heavy atom. The first-order valence-electron chi connectivity index (χ1n) is 3.64. The van der Waals surface area contributed by atoms with Crippen molar-refractivity contribution in [2.45, 2.75) is 0 Å². The molecule has 0 aromatic carbocycles. The van der Waals surface area contributed by atoms with Crippen LogP contribution in [0.15, 0.2) is 24.4 Å². The normalized spacial score (nSPS) is 10.5. The number of pyridine rings is 1. The van der Waals surface area contributed by atoms with Gasteiger partial charge in [0.25, 0.3) is 0 Å². The van der Waals surface area contributed by atoms with Gasteiger partial charge in [-0.1, -0.05) is 6.08 Å². The van der Waals surface area contributed by atoms with Crippen LogP contribution in [0.25, 0.3) is 6.08 Å². The Morgan fingerprint density at radius 2 is 2.42 bits per heavy atom. The standard InChI is InChI=1S/C9H11NO2/c1-12-9-5-4-8(10-7-9)3-2-6-11/h2-5,7,11H,6H2,1H3. The highest BCUT2D eigenvalue weighted by Gasteiger charge is 1.90. The summed E-state index contributed by atoms with van der Waals surface area (Å²) in [5, 5.41) is 8.49. The molecule has 0 spiro atoms. The van der Waals surface area contributed by atoms with Gasteiger partial charge in [-0.05, 0) is 18.2 Å². The van der Waals surface area contributed by atoms with Gasteiger partial charge in [-0.3, -0.25) is 4.98 Å². The van der Waals surface area contributed by atoms with Crippen molar-refractivity contribution in [3.8, 4) is 5.75 Å². The molecule has 0 bridgehead atoms. The lowest BCUT2D eigenvalue weighted by molar-refractivity contribution is 0.343. The van der Waals surface area contributed by atoms with Gasteiger partial charge in [-0.2, -0.15) is 0 Å². The second-order valence-corrected chi connectivity index (χ2v) is 2.21. The Labute approximate surface area is 71.3 Å². The van der Waals surface area contributed by atoms with Crippen LogP contribution in [0.2, 0.25) is 0 Å². The number of rotatable bonds is 3. The zero-order valence-corrected chi connectivity index (χ0v) is 6.90. The smallest absolute Gasteiger partial charge is 0.137 e. The van der Waals surface area contributed by atoms with Crippen LogP contribution in [0.5, 0.6) is 5.75 Å². The molecule has 0 aliphatic heterocycles. The molecule has 0 saturated heterocycles. The molecule has 64 valence electrons. The lowest BCUT2D eigenvalue weighted by Gasteiger charge is -1.97. The van der Waals surface area contributed by atoms with Crippen LogP contribution in [-0.4, -0.2) is 23.8 Å². The number of hydrogen-bond donors (Lipinski definition) is 1. The quantitative estimate of drug-likeness (QED) is 0.729. The van der Waals surface area contributed by atoms with Gasteiger partial charge in [-0.15, -0.1) is 0 Å². The molecule has 1 N–H and O–H groups in total. The van der Waals surface area contributed by atoms with E-state index in [2.05, 4.69) is 4.98 Å². The van der Waals surface area contributed by atoms with E-state index >= 15 is 0 Å². The number of aliphatic hydroxyl groups excluding tert-OH is 1. The molecule has 0 atom stereocenters. The highest BCUT2D eigenvalue weighted by Crippen LogP contribution is 2.08. The Morgan fingerprint density at radius 3 is 2.92 bits per heavy atom. The maximum Gasteiger partial charge on any atom is 0.137 e. The summed E-state index contributed by atoms with van der Waals surface area (Å²) in [7, 11) is 1.60. The van der Waals surface area contributed by atoms with Crippen LogP contribution < -0.4 is 4.74 Å². The van der Waals surface area contributed by atoms with Gasteiger partial charge < -0.3 is 9.84 Å². The van der Waals surface area contributed by atoms with E-state index in [0.29, 0.717) is 0 Å². The number of methoxy groups -OCH3 is 1. The first-order chi connectivity index (χ1) is 5.86. The zero-order chi connectivity index (χ0) is 8.81. The van der Waals surface area contributed by atoms with E-state index in [9.17, 15) is 0 Å². The molecule has 1 aromatic heterocycles. The maximum absolute atomic E-state index is 8.49. The number of aliphatic hydroxyl groups is 1. The second kappa shape index (κ2) is 4.51. The minimum atomic E-state index is 0.0354. The molecule has 1 aromatic rings. The van der Waals surface area contributed by atoms with E-state index in [1.165, 1.54) is 0 Å². The third-order valence-corrected chi connectivity index (χ3v) is 1.39. The number of hydrogen-bond acceptors (Lipinski definition) is 3. The van der Waals surface area contributed by atoms with Crippen molar-refractivity contribution in [2.24, 2.45) is 0 Å². The number of aromatic nitrogens is 1. The lowest BCUT2D eigenvalue weighted by atomic mass is 10.3. The highest BCUT2D eigenvalue weighted by atomic mass is 16.5. The van der Waals surface area contributed by atoms with Crippen molar-refractivity contribution >= 4 is 6.08 Å². The van der Waals surface area contributed by atoms with E-state index in [0.717, 1.165) is 11.4 Å². The van der Waals surface area contributed by atoms with Crippen molar-refractivity contribution in [3.63, 3.8) is 0 Å². The Kier molecular flexibility index (Phi) is 3.29. The van der Waals surface area contributed by atoms with E-state index in [1.54, 1.807) is 25.5 Å². The van der Waals surface area contributed by atoms with Gasteiger partial charge in [0.05, 0.1) is 25.6 Å². The van der Waals surface area contributed by atoms with Crippen molar-refractivity contribution in [1.29, 1.82) is 0 Å². The van der Waals surface area contributed by atoms with Crippen LogP contribution in [0.4, 0.5) is 0 Å². The molecule has 1 rings (SSSR count).